The molecule has 11 nitrogen and oxygen atoms in total. The smallest absolute Gasteiger partial charge is 0.279 e. The monoisotopic (exact) mass is 531 g/mol. The number of hydrogen-bond donors (Lipinski definition) is 4. The first kappa shape index (κ1) is 27.3. The molecule has 39 heavy (non-hydrogen) atoms. The highest BCUT2D eigenvalue weighted by atomic mass is 16.5. The fourth-order valence-electron chi connectivity index (χ4n) is 4.24. The zero-order valence-corrected chi connectivity index (χ0v) is 22.6. The standard InChI is InChI=1S/C28H33N7O4/c1-33(2)12-13-34(3)24-15-25(39-5)22(14-21(24)30-26(36)16-27(37)38)32-28-29-11-10-20(31-28)19-17-35(4)23-9-7-6-8-18(19)23/h6-11,14-17,37-38H,12-13H2,1-5H3,(H,30,36)(H,29,31,32). The Hall–Kier alpha value is -4.77. The average Bonchev–Trinajstić information content (AvgIpc) is 3.23. The molecule has 11 heteroatoms. The van der Waals surface area contributed by atoms with Gasteiger partial charge in [-0.25, -0.2) is 9.97 Å². The Morgan fingerprint density at radius 3 is 2.59 bits per heavy atom. The van der Waals surface area contributed by atoms with Crippen molar-refractivity contribution >= 4 is 39.8 Å². The summed E-state index contributed by atoms with van der Waals surface area (Å²) in [5.41, 5.74) is 4.47. The number of aliphatic hydroxyl groups excluding tert-OH is 1. The van der Waals surface area contributed by atoms with Crippen LogP contribution in [-0.2, 0) is 11.8 Å². The van der Waals surface area contributed by atoms with Crippen molar-refractivity contribution in [3.63, 3.8) is 0 Å². The van der Waals surface area contributed by atoms with Gasteiger partial charge in [-0.1, -0.05) is 18.2 Å². The van der Waals surface area contributed by atoms with Gasteiger partial charge >= 0.3 is 0 Å². The van der Waals surface area contributed by atoms with E-state index in [-0.39, 0.29) is 0 Å². The lowest BCUT2D eigenvalue weighted by Crippen LogP contribution is -2.29. The molecule has 1 amide bonds. The highest BCUT2D eigenvalue weighted by Crippen LogP contribution is 2.38. The molecule has 0 atom stereocenters. The number of hydrogen-bond acceptors (Lipinski definition) is 9. The van der Waals surface area contributed by atoms with Crippen LogP contribution < -0.4 is 20.3 Å². The summed E-state index contributed by atoms with van der Waals surface area (Å²) in [6.07, 6.45) is 4.41. The van der Waals surface area contributed by atoms with Gasteiger partial charge in [0.15, 0.2) is 0 Å². The van der Waals surface area contributed by atoms with Gasteiger partial charge in [0.05, 0.1) is 35.9 Å². The number of aryl methyl sites for hydroxylation is 1. The number of nitrogens with zero attached hydrogens (tertiary/aromatic N) is 5. The van der Waals surface area contributed by atoms with Crippen LogP contribution in [0, 0.1) is 0 Å². The molecular formula is C28H33N7O4. The molecule has 0 saturated heterocycles. The molecule has 2 heterocycles. The van der Waals surface area contributed by atoms with E-state index in [1.54, 1.807) is 25.4 Å². The Kier molecular flexibility index (Phi) is 8.21. The van der Waals surface area contributed by atoms with E-state index in [1.165, 1.54) is 0 Å². The number of benzene rings is 2. The number of likely N-dealkylation sites (N-methyl/N-ethyl adjacent to an activating group) is 2. The number of anilines is 4. The molecule has 2 aromatic carbocycles. The second-order valence-electron chi connectivity index (χ2n) is 9.35. The highest BCUT2D eigenvalue weighted by Gasteiger charge is 2.18. The summed E-state index contributed by atoms with van der Waals surface area (Å²) in [5, 5.41) is 25.3. The van der Waals surface area contributed by atoms with Crippen molar-refractivity contribution in [3.8, 4) is 17.0 Å². The van der Waals surface area contributed by atoms with Crippen molar-refractivity contribution < 1.29 is 19.7 Å². The van der Waals surface area contributed by atoms with Gasteiger partial charge < -0.3 is 40.0 Å². The second-order valence-corrected chi connectivity index (χ2v) is 9.35. The Bertz CT molecular complexity index is 1510. The Morgan fingerprint density at radius 1 is 1.10 bits per heavy atom. The summed E-state index contributed by atoms with van der Waals surface area (Å²) in [6.45, 7) is 1.45. The van der Waals surface area contributed by atoms with Gasteiger partial charge in [0, 0.05) is 62.1 Å². The van der Waals surface area contributed by atoms with E-state index in [4.69, 9.17) is 19.9 Å². The van der Waals surface area contributed by atoms with Crippen LogP contribution in [-0.4, -0.2) is 76.9 Å². The molecule has 4 rings (SSSR count). The van der Waals surface area contributed by atoms with Gasteiger partial charge in [-0.3, -0.25) is 4.79 Å². The van der Waals surface area contributed by atoms with Gasteiger partial charge in [0.2, 0.25) is 5.95 Å². The largest absolute Gasteiger partial charge is 0.494 e. The van der Waals surface area contributed by atoms with Crippen LogP contribution in [0.15, 0.2) is 66.9 Å². The van der Waals surface area contributed by atoms with Gasteiger partial charge in [-0.2, -0.15) is 0 Å². The number of aliphatic hydroxyl groups is 2. The topological polar surface area (TPSA) is 128 Å². The number of aromatic nitrogens is 3. The summed E-state index contributed by atoms with van der Waals surface area (Å²) in [6, 6.07) is 13.5. The summed E-state index contributed by atoms with van der Waals surface area (Å²) in [5.74, 6) is -0.917. The number of ether oxygens (including phenoxy) is 1. The molecule has 2 aromatic heterocycles. The van der Waals surface area contributed by atoms with Crippen LogP contribution in [0.1, 0.15) is 0 Å². The van der Waals surface area contributed by atoms with Gasteiger partial charge in [-0.05, 0) is 32.3 Å². The Balaban J connectivity index is 1.72. The molecular weight excluding hydrogens is 498 g/mol. The van der Waals surface area contributed by atoms with Gasteiger partial charge in [-0.15, -0.1) is 0 Å². The van der Waals surface area contributed by atoms with Crippen molar-refractivity contribution in [3.05, 3.63) is 66.9 Å². The molecule has 204 valence electrons. The van der Waals surface area contributed by atoms with E-state index >= 15 is 0 Å². The van der Waals surface area contributed by atoms with E-state index in [2.05, 4.69) is 37.2 Å². The zero-order valence-electron chi connectivity index (χ0n) is 22.6. The van der Waals surface area contributed by atoms with E-state index in [0.29, 0.717) is 41.4 Å². The lowest BCUT2D eigenvalue weighted by Gasteiger charge is -2.26. The van der Waals surface area contributed by atoms with Crippen LogP contribution in [0.4, 0.5) is 23.0 Å². The third-order valence-electron chi connectivity index (χ3n) is 6.20. The molecule has 0 spiro atoms. The number of carbonyl (C=O) groups excluding carboxylic acids is 1. The summed E-state index contributed by atoms with van der Waals surface area (Å²) >= 11 is 0. The van der Waals surface area contributed by atoms with Crippen molar-refractivity contribution in [2.24, 2.45) is 7.05 Å². The maximum Gasteiger partial charge on any atom is 0.279 e. The predicted octanol–water partition coefficient (Wildman–Crippen LogP) is 4.28. The molecule has 4 aromatic rings. The molecule has 0 radical (unpaired) electrons. The quantitative estimate of drug-likeness (QED) is 0.175. The van der Waals surface area contributed by atoms with E-state index < -0.39 is 11.9 Å². The fourth-order valence-corrected chi connectivity index (χ4v) is 4.24. The number of carbonyl (C=O) groups is 1. The molecule has 0 aliphatic carbocycles. The molecule has 0 aliphatic rings. The Morgan fingerprint density at radius 2 is 1.87 bits per heavy atom. The molecule has 0 aliphatic heterocycles. The van der Waals surface area contributed by atoms with Gasteiger partial charge in [0.1, 0.15) is 5.75 Å². The first-order valence-electron chi connectivity index (χ1n) is 12.3. The number of methoxy groups -OCH3 is 1. The summed E-state index contributed by atoms with van der Waals surface area (Å²) in [7, 11) is 9.41. The van der Waals surface area contributed by atoms with Crippen molar-refractivity contribution in [2.75, 3.05) is 56.9 Å². The molecule has 0 bridgehead atoms. The number of para-hydroxylation sites is 1. The fraction of sp³-hybridized carbons (Fsp3) is 0.250. The average molecular weight is 532 g/mol. The number of nitrogens with one attached hydrogen (secondary N) is 2. The zero-order chi connectivity index (χ0) is 28.1. The third-order valence-corrected chi connectivity index (χ3v) is 6.20. The maximum absolute atomic E-state index is 12.4. The predicted molar refractivity (Wildman–Crippen MR) is 154 cm³/mol. The third kappa shape index (κ3) is 6.39. The molecule has 0 saturated carbocycles. The Labute approximate surface area is 227 Å². The summed E-state index contributed by atoms with van der Waals surface area (Å²) < 4.78 is 7.73. The van der Waals surface area contributed by atoms with Crippen LogP contribution in [0.5, 0.6) is 5.75 Å². The SMILES string of the molecule is COc1cc(N(C)CCN(C)C)c(NC(=O)C=C(O)O)cc1Nc1nccc(-c2cn(C)c3ccccc23)n1. The molecule has 0 unspecified atom stereocenters. The first-order chi connectivity index (χ1) is 18.7. The minimum Gasteiger partial charge on any atom is -0.494 e. The van der Waals surface area contributed by atoms with Crippen LogP contribution >= 0.6 is 0 Å². The van der Waals surface area contributed by atoms with Crippen molar-refractivity contribution in [1.29, 1.82) is 0 Å². The first-order valence-corrected chi connectivity index (χ1v) is 12.3. The van der Waals surface area contributed by atoms with E-state index in [1.807, 2.05) is 57.5 Å². The lowest BCUT2D eigenvalue weighted by molar-refractivity contribution is -0.112. The normalized spacial score (nSPS) is 10.9. The summed E-state index contributed by atoms with van der Waals surface area (Å²) in [4.78, 5) is 25.5. The van der Waals surface area contributed by atoms with Crippen LogP contribution in [0.3, 0.4) is 0 Å². The maximum atomic E-state index is 12.4. The molecule has 0 fully saturated rings. The van der Waals surface area contributed by atoms with Crippen molar-refractivity contribution in [2.45, 2.75) is 0 Å². The van der Waals surface area contributed by atoms with Crippen LogP contribution in [0.2, 0.25) is 0 Å². The number of rotatable bonds is 10. The van der Waals surface area contributed by atoms with E-state index in [0.717, 1.165) is 28.7 Å². The van der Waals surface area contributed by atoms with Crippen molar-refractivity contribution in [1.82, 2.24) is 19.4 Å². The lowest BCUT2D eigenvalue weighted by atomic mass is 10.1. The highest BCUT2D eigenvalue weighted by molar-refractivity contribution is 6.02. The number of amides is 1. The molecule has 4 N–H and O–H groups in total. The van der Waals surface area contributed by atoms with Crippen LogP contribution in [0.25, 0.3) is 22.2 Å². The minimum atomic E-state index is -1.08. The van der Waals surface area contributed by atoms with Gasteiger partial charge in [0.25, 0.3) is 11.9 Å². The second kappa shape index (κ2) is 11.7. The minimum absolute atomic E-state index is 0.345. The number of fused-ring (bicyclic) bond motifs is 1. The van der Waals surface area contributed by atoms with E-state index in [9.17, 15) is 4.79 Å².